The average molecular weight is 259 g/mol. The van der Waals surface area contributed by atoms with E-state index in [0.29, 0.717) is 5.92 Å². The molecule has 2 aromatic rings. The van der Waals surface area contributed by atoms with Crippen LogP contribution in [0.1, 0.15) is 48.7 Å². The van der Waals surface area contributed by atoms with E-state index in [2.05, 4.69) is 52.8 Å². The van der Waals surface area contributed by atoms with Gasteiger partial charge in [0.05, 0.1) is 6.04 Å². The summed E-state index contributed by atoms with van der Waals surface area (Å²) in [6.45, 7) is 4.31. The van der Waals surface area contributed by atoms with Crippen molar-refractivity contribution in [1.82, 2.24) is 9.36 Å². The molecule has 1 aliphatic rings. The fraction of sp³-hybridized carbons (Fsp3) is 0.429. The van der Waals surface area contributed by atoms with Gasteiger partial charge in [-0.1, -0.05) is 24.3 Å². The normalized spacial score (nSPS) is 16.6. The molecule has 1 N–H and O–H groups in total. The standard InChI is InChI=1S/C14H17N3S/c1-9-5-3-4-6-12(9)10(2)15-14-16-13(17-18-14)11-7-8-11/h3-6,10-11H,7-8H2,1-2H3,(H,15,16,17). The van der Waals surface area contributed by atoms with E-state index in [9.17, 15) is 0 Å². The average Bonchev–Trinajstić information content (AvgIpc) is 3.11. The van der Waals surface area contributed by atoms with Gasteiger partial charge in [0, 0.05) is 17.5 Å². The number of hydrogen-bond acceptors (Lipinski definition) is 4. The Hall–Kier alpha value is -1.42. The van der Waals surface area contributed by atoms with Crippen molar-refractivity contribution in [2.24, 2.45) is 0 Å². The van der Waals surface area contributed by atoms with Gasteiger partial charge in [-0.15, -0.1) is 0 Å². The first-order chi connectivity index (χ1) is 8.74. The Morgan fingerprint density at radius 2 is 2.11 bits per heavy atom. The summed E-state index contributed by atoms with van der Waals surface area (Å²) < 4.78 is 4.42. The summed E-state index contributed by atoms with van der Waals surface area (Å²) in [5.74, 6) is 1.66. The minimum Gasteiger partial charge on any atom is -0.354 e. The lowest BCUT2D eigenvalue weighted by Gasteiger charge is -2.15. The van der Waals surface area contributed by atoms with Crippen LogP contribution in [-0.4, -0.2) is 9.36 Å². The maximum absolute atomic E-state index is 4.56. The summed E-state index contributed by atoms with van der Waals surface area (Å²) in [5, 5.41) is 4.38. The molecule has 0 amide bonds. The van der Waals surface area contributed by atoms with Crippen LogP contribution in [0, 0.1) is 6.92 Å². The van der Waals surface area contributed by atoms with Crippen LogP contribution in [0.4, 0.5) is 5.13 Å². The molecule has 1 fully saturated rings. The first-order valence-corrected chi connectivity index (χ1v) is 7.17. The second kappa shape index (κ2) is 4.69. The Balaban J connectivity index is 1.73. The Bertz CT molecular complexity index is 545. The summed E-state index contributed by atoms with van der Waals surface area (Å²) >= 11 is 1.47. The van der Waals surface area contributed by atoms with E-state index in [1.807, 2.05) is 0 Å². The molecule has 3 nitrogen and oxygen atoms in total. The van der Waals surface area contributed by atoms with E-state index in [-0.39, 0.29) is 6.04 Å². The zero-order chi connectivity index (χ0) is 12.5. The number of anilines is 1. The maximum Gasteiger partial charge on any atom is 0.203 e. The smallest absolute Gasteiger partial charge is 0.203 e. The van der Waals surface area contributed by atoms with Crippen molar-refractivity contribution >= 4 is 16.7 Å². The molecule has 1 saturated carbocycles. The van der Waals surface area contributed by atoms with Gasteiger partial charge in [-0.25, -0.2) is 4.98 Å². The van der Waals surface area contributed by atoms with Crippen molar-refractivity contribution in [2.45, 2.75) is 38.6 Å². The molecule has 94 valence electrons. The van der Waals surface area contributed by atoms with E-state index >= 15 is 0 Å². The molecule has 1 aliphatic carbocycles. The van der Waals surface area contributed by atoms with E-state index in [4.69, 9.17) is 0 Å². The molecule has 3 rings (SSSR count). The van der Waals surface area contributed by atoms with Gasteiger partial charge in [0.2, 0.25) is 5.13 Å². The highest BCUT2D eigenvalue weighted by atomic mass is 32.1. The second-order valence-electron chi connectivity index (χ2n) is 4.95. The van der Waals surface area contributed by atoms with E-state index in [1.165, 1.54) is 35.5 Å². The van der Waals surface area contributed by atoms with Crippen LogP contribution < -0.4 is 5.32 Å². The Labute approximate surface area is 111 Å². The summed E-state index contributed by atoms with van der Waals surface area (Å²) in [4.78, 5) is 4.56. The zero-order valence-electron chi connectivity index (χ0n) is 10.7. The van der Waals surface area contributed by atoms with Crippen LogP contribution in [0.5, 0.6) is 0 Å². The van der Waals surface area contributed by atoms with Gasteiger partial charge in [0.25, 0.3) is 0 Å². The SMILES string of the molecule is Cc1ccccc1C(C)Nc1nc(C2CC2)ns1. The molecule has 1 heterocycles. The fourth-order valence-electron chi connectivity index (χ4n) is 2.14. The predicted molar refractivity (Wildman–Crippen MR) is 75.1 cm³/mol. The zero-order valence-corrected chi connectivity index (χ0v) is 11.5. The molecule has 1 aromatic carbocycles. The van der Waals surface area contributed by atoms with Crippen LogP contribution in [0.15, 0.2) is 24.3 Å². The third-order valence-electron chi connectivity index (χ3n) is 3.38. The quantitative estimate of drug-likeness (QED) is 0.905. The molecule has 1 aromatic heterocycles. The van der Waals surface area contributed by atoms with Gasteiger partial charge in [-0.2, -0.15) is 4.37 Å². The summed E-state index contributed by atoms with van der Waals surface area (Å²) in [5.41, 5.74) is 2.63. The van der Waals surface area contributed by atoms with Crippen molar-refractivity contribution in [3.05, 3.63) is 41.2 Å². The van der Waals surface area contributed by atoms with Crippen LogP contribution in [0.2, 0.25) is 0 Å². The highest BCUT2D eigenvalue weighted by Gasteiger charge is 2.28. The van der Waals surface area contributed by atoms with Crippen molar-refractivity contribution in [2.75, 3.05) is 5.32 Å². The Morgan fingerprint density at radius 1 is 1.33 bits per heavy atom. The van der Waals surface area contributed by atoms with Crippen LogP contribution in [0.3, 0.4) is 0 Å². The summed E-state index contributed by atoms with van der Waals surface area (Å²) in [6, 6.07) is 8.73. The number of aryl methyl sites for hydroxylation is 1. The third kappa shape index (κ3) is 2.38. The van der Waals surface area contributed by atoms with E-state index in [1.54, 1.807) is 0 Å². The highest BCUT2D eigenvalue weighted by Crippen LogP contribution is 2.39. The van der Waals surface area contributed by atoms with Gasteiger partial charge in [-0.3, -0.25) is 0 Å². The Morgan fingerprint density at radius 3 is 2.83 bits per heavy atom. The van der Waals surface area contributed by atoms with Gasteiger partial charge >= 0.3 is 0 Å². The van der Waals surface area contributed by atoms with Crippen LogP contribution >= 0.6 is 11.5 Å². The lowest BCUT2D eigenvalue weighted by molar-refractivity contribution is 0.866. The van der Waals surface area contributed by atoms with Gasteiger partial charge in [0.15, 0.2) is 0 Å². The molecule has 0 aliphatic heterocycles. The molecule has 1 unspecified atom stereocenters. The van der Waals surface area contributed by atoms with E-state index in [0.717, 1.165) is 11.0 Å². The molecular formula is C14H17N3S. The first kappa shape index (κ1) is 11.7. The van der Waals surface area contributed by atoms with Gasteiger partial charge < -0.3 is 5.32 Å². The predicted octanol–water partition coefficient (Wildman–Crippen LogP) is 3.90. The monoisotopic (exact) mass is 259 g/mol. The number of aromatic nitrogens is 2. The topological polar surface area (TPSA) is 37.8 Å². The minimum atomic E-state index is 0.270. The number of nitrogens with zero attached hydrogens (tertiary/aromatic N) is 2. The highest BCUT2D eigenvalue weighted by molar-refractivity contribution is 7.09. The molecule has 0 spiro atoms. The number of rotatable bonds is 4. The number of benzene rings is 1. The van der Waals surface area contributed by atoms with Gasteiger partial charge in [-0.05, 0) is 37.8 Å². The molecular weight excluding hydrogens is 242 g/mol. The number of nitrogens with one attached hydrogen (secondary N) is 1. The molecule has 1 atom stereocenters. The van der Waals surface area contributed by atoms with E-state index < -0.39 is 0 Å². The first-order valence-electron chi connectivity index (χ1n) is 6.39. The summed E-state index contributed by atoms with van der Waals surface area (Å²) in [6.07, 6.45) is 2.51. The molecule has 0 saturated heterocycles. The minimum absolute atomic E-state index is 0.270. The van der Waals surface area contributed by atoms with Crippen molar-refractivity contribution in [3.63, 3.8) is 0 Å². The molecule has 18 heavy (non-hydrogen) atoms. The maximum atomic E-state index is 4.56. The lowest BCUT2D eigenvalue weighted by Crippen LogP contribution is -2.07. The van der Waals surface area contributed by atoms with Gasteiger partial charge in [0.1, 0.15) is 5.82 Å². The molecule has 0 bridgehead atoms. The third-order valence-corrected chi connectivity index (χ3v) is 4.04. The largest absolute Gasteiger partial charge is 0.354 e. The molecule has 0 radical (unpaired) electrons. The lowest BCUT2D eigenvalue weighted by atomic mass is 10.0. The second-order valence-corrected chi connectivity index (χ2v) is 5.71. The van der Waals surface area contributed by atoms with Crippen molar-refractivity contribution < 1.29 is 0 Å². The Kier molecular flexibility index (Phi) is 3.04. The van der Waals surface area contributed by atoms with Crippen LogP contribution in [-0.2, 0) is 0 Å². The van der Waals surface area contributed by atoms with Crippen LogP contribution in [0.25, 0.3) is 0 Å². The fourth-order valence-corrected chi connectivity index (χ4v) is 2.87. The number of hydrogen-bond donors (Lipinski definition) is 1. The summed E-state index contributed by atoms with van der Waals surface area (Å²) in [7, 11) is 0. The van der Waals surface area contributed by atoms with Crippen molar-refractivity contribution in [3.8, 4) is 0 Å². The van der Waals surface area contributed by atoms with Crippen molar-refractivity contribution in [1.29, 1.82) is 0 Å². The molecule has 4 heteroatoms.